The van der Waals surface area contributed by atoms with Crippen molar-refractivity contribution < 1.29 is 4.39 Å². The lowest BCUT2D eigenvalue weighted by Gasteiger charge is -2.22. The van der Waals surface area contributed by atoms with Crippen molar-refractivity contribution in [1.29, 1.82) is 5.26 Å². The van der Waals surface area contributed by atoms with Gasteiger partial charge in [-0.05, 0) is 56.5 Å². The summed E-state index contributed by atoms with van der Waals surface area (Å²) in [6, 6.07) is 6.29. The van der Waals surface area contributed by atoms with Gasteiger partial charge in [-0.3, -0.25) is 0 Å². The van der Waals surface area contributed by atoms with Crippen LogP contribution in [-0.4, -0.2) is 19.6 Å². The lowest BCUT2D eigenvalue weighted by Crippen LogP contribution is -2.30. The largest absolute Gasteiger partial charge is 0.384 e. The van der Waals surface area contributed by atoms with Gasteiger partial charge in [-0.1, -0.05) is 0 Å². The third-order valence-electron chi connectivity index (χ3n) is 3.37. The minimum Gasteiger partial charge on any atom is -0.384 e. The zero-order valence-corrected chi connectivity index (χ0v) is 10.4. The monoisotopic (exact) mass is 247 g/mol. The maximum absolute atomic E-state index is 13.0. The summed E-state index contributed by atoms with van der Waals surface area (Å²) in [6.45, 7) is 3.03. The first-order valence-corrected chi connectivity index (χ1v) is 6.44. The fourth-order valence-corrected chi connectivity index (χ4v) is 2.34. The third-order valence-corrected chi connectivity index (χ3v) is 3.37. The molecular weight excluding hydrogens is 229 g/mol. The zero-order chi connectivity index (χ0) is 12.8. The number of benzene rings is 1. The second-order valence-corrected chi connectivity index (χ2v) is 4.73. The van der Waals surface area contributed by atoms with Gasteiger partial charge in [0.25, 0.3) is 0 Å². The van der Waals surface area contributed by atoms with Crippen molar-refractivity contribution >= 4 is 5.69 Å². The number of nitrogens with one attached hydrogen (secondary N) is 2. The second kappa shape index (κ2) is 6.36. The average Bonchev–Trinajstić information content (AvgIpc) is 2.41. The number of anilines is 1. The number of piperidine rings is 1. The number of nitrogens with zero attached hydrogens (tertiary/aromatic N) is 1. The highest BCUT2D eigenvalue weighted by Gasteiger charge is 2.12. The molecule has 2 N–H and O–H groups in total. The van der Waals surface area contributed by atoms with Gasteiger partial charge in [0.05, 0.1) is 11.3 Å². The molecule has 1 heterocycles. The molecule has 0 bridgehead atoms. The van der Waals surface area contributed by atoms with E-state index in [-0.39, 0.29) is 5.82 Å². The van der Waals surface area contributed by atoms with E-state index in [1.807, 2.05) is 6.07 Å². The van der Waals surface area contributed by atoms with Crippen LogP contribution >= 0.6 is 0 Å². The van der Waals surface area contributed by atoms with Crippen LogP contribution in [-0.2, 0) is 0 Å². The van der Waals surface area contributed by atoms with E-state index in [4.69, 9.17) is 5.26 Å². The Hall–Kier alpha value is -1.60. The highest BCUT2D eigenvalue weighted by Crippen LogP contribution is 2.18. The van der Waals surface area contributed by atoms with E-state index in [1.165, 1.54) is 25.0 Å². The van der Waals surface area contributed by atoms with E-state index in [2.05, 4.69) is 10.6 Å². The Labute approximate surface area is 107 Å². The first-order chi connectivity index (χ1) is 8.79. The van der Waals surface area contributed by atoms with Gasteiger partial charge in [0.2, 0.25) is 0 Å². The Kier molecular flexibility index (Phi) is 4.54. The minimum absolute atomic E-state index is 0.367. The molecule has 2 rings (SSSR count). The van der Waals surface area contributed by atoms with Gasteiger partial charge in [-0.25, -0.2) is 4.39 Å². The van der Waals surface area contributed by atoms with Crippen LogP contribution in [0, 0.1) is 23.1 Å². The van der Waals surface area contributed by atoms with Gasteiger partial charge < -0.3 is 10.6 Å². The van der Waals surface area contributed by atoms with Crippen molar-refractivity contribution in [3.05, 3.63) is 29.6 Å². The summed E-state index contributed by atoms with van der Waals surface area (Å²) in [5, 5.41) is 15.5. The van der Waals surface area contributed by atoms with Crippen LogP contribution in [0.15, 0.2) is 18.2 Å². The van der Waals surface area contributed by atoms with Crippen LogP contribution in [0.2, 0.25) is 0 Å². The Morgan fingerprint density at radius 1 is 1.50 bits per heavy atom. The van der Waals surface area contributed by atoms with Gasteiger partial charge in [-0.2, -0.15) is 5.26 Å². The third kappa shape index (κ3) is 3.44. The van der Waals surface area contributed by atoms with Crippen molar-refractivity contribution in [2.45, 2.75) is 19.3 Å². The summed E-state index contributed by atoms with van der Waals surface area (Å²) in [7, 11) is 0. The van der Waals surface area contributed by atoms with Gasteiger partial charge in [0.15, 0.2) is 0 Å². The van der Waals surface area contributed by atoms with Crippen molar-refractivity contribution in [2.24, 2.45) is 5.92 Å². The SMILES string of the molecule is N#Cc1cc(F)ccc1NCCC1CCCNC1. The molecule has 0 saturated carbocycles. The Balaban J connectivity index is 1.84. The molecule has 96 valence electrons. The van der Waals surface area contributed by atoms with Crippen LogP contribution in [0.25, 0.3) is 0 Å². The van der Waals surface area contributed by atoms with Gasteiger partial charge in [0.1, 0.15) is 11.9 Å². The molecule has 1 aromatic carbocycles. The summed E-state index contributed by atoms with van der Waals surface area (Å²) in [5.41, 5.74) is 1.10. The van der Waals surface area contributed by atoms with E-state index < -0.39 is 0 Å². The fourth-order valence-electron chi connectivity index (χ4n) is 2.34. The molecule has 3 nitrogen and oxygen atoms in total. The zero-order valence-electron chi connectivity index (χ0n) is 10.4. The predicted molar refractivity (Wildman–Crippen MR) is 69.8 cm³/mol. The molecule has 0 aromatic heterocycles. The van der Waals surface area contributed by atoms with Crippen molar-refractivity contribution in [1.82, 2.24) is 5.32 Å². The quantitative estimate of drug-likeness (QED) is 0.859. The molecule has 4 heteroatoms. The van der Waals surface area contributed by atoms with E-state index in [1.54, 1.807) is 6.07 Å². The molecule has 1 unspecified atom stereocenters. The number of hydrogen-bond donors (Lipinski definition) is 2. The maximum Gasteiger partial charge on any atom is 0.124 e. The molecule has 1 aliphatic heterocycles. The molecule has 1 aliphatic rings. The van der Waals surface area contributed by atoms with Crippen LogP contribution in [0.1, 0.15) is 24.8 Å². The van der Waals surface area contributed by atoms with E-state index in [9.17, 15) is 4.39 Å². The van der Waals surface area contributed by atoms with Gasteiger partial charge in [0, 0.05) is 6.54 Å². The number of hydrogen-bond acceptors (Lipinski definition) is 3. The van der Waals surface area contributed by atoms with Gasteiger partial charge in [-0.15, -0.1) is 0 Å². The highest BCUT2D eigenvalue weighted by molar-refractivity contribution is 5.57. The number of rotatable bonds is 4. The Morgan fingerprint density at radius 3 is 3.11 bits per heavy atom. The first kappa shape index (κ1) is 12.8. The minimum atomic E-state index is -0.367. The van der Waals surface area contributed by atoms with E-state index in [0.29, 0.717) is 11.5 Å². The van der Waals surface area contributed by atoms with E-state index in [0.717, 1.165) is 31.7 Å². The van der Waals surface area contributed by atoms with Gasteiger partial charge >= 0.3 is 0 Å². The number of nitriles is 1. The summed E-state index contributed by atoms with van der Waals surface area (Å²) >= 11 is 0. The van der Waals surface area contributed by atoms with Crippen molar-refractivity contribution in [3.63, 3.8) is 0 Å². The molecule has 1 aromatic rings. The molecule has 0 amide bonds. The van der Waals surface area contributed by atoms with Crippen LogP contribution < -0.4 is 10.6 Å². The molecular formula is C14H18FN3. The molecule has 1 fully saturated rings. The first-order valence-electron chi connectivity index (χ1n) is 6.44. The summed E-state index contributed by atoms with van der Waals surface area (Å²) in [5.74, 6) is 0.339. The predicted octanol–water partition coefficient (Wildman–Crippen LogP) is 2.50. The smallest absolute Gasteiger partial charge is 0.124 e. The van der Waals surface area contributed by atoms with Crippen LogP contribution in [0.5, 0.6) is 0 Å². The molecule has 0 aliphatic carbocycles. The topological polar surface area (TPSA) is 47.9 Å². The molecule has 0 spiro atoms. The van der Waals surface area contributed by atoms with Crippen LogP contribution in [0.4, 0.5) is 10.1 Å². The second-order valence-electron chi connectivity index (χ2n) is 4.73. The Morgan fingerprint density at radius 2 is 2.39 bits per heavy atom. The molecule has 0 radical (unpaired) electrons. The van der Waals surface area contributed by atoms with Crippen molar-refractivity contribution in [2.75, 3.05) is 25.0 Å². The lowest BCUT2D eigenvalue weighted by atomic mass is 9.96. The highest BCUT2D eigenvalue weighted by atomic mass is 19.1. The molecule has 1 atom stereocenters. The molecule has 18 heavy (non-hydrogen) atoms. The normalized spacial score (nSPS) is 19.2. The van der Waals surface area contributed by atoms with E-state index >= 15 is 0 Å². The maximum atomic E-state index is 13.0. The van der Waals surface area contributed by atoms with Crippen LogP contribution in [0.3, 0.4) is 0 Å². The average molecular weight is 247 g/mol. The van der Waals surface area contributed by atoms with Crippen molar-refractivity contribution in [3.8, 4) is 6.07 Å². The fraction of sp³-hybridized carbons (Fsp3) is 0.500. The number of halogens is 1. The summed E-state index contributed by atoms with van der Waals surface area (Å²) < 4.78 is 13.0. The molecule has 1 saturated heterocycles. The summed E-state index contributed by atoms with van der Waals surface area (Å²) in [4.78, 5) is 0. The Bertz CT molecular complexity index is 433. The standard InChI is InChI=1S/C14H18FN3/c15-13-3-4-14(12(8-13)9-16)18-7-5-11-2-1-6-17-10-11/h3-4,8,11,17-18H,1-2,5-7,10H2. The lowest BCUT2D eigenvalue weighted by molar-refractivity contribution is 0.364. The summed E-state index contributed by atoms with van der Waals surface area (Å²) in [6.07, 6.45) is 3.59.